The SMILES string of the molecule is O=C1CC(c2ccc(Cl)c(Cl)c2)Cc2nc3ccccc3cc21. The summed E-state index contributed by atoms with van der Waals surface area (Å²) in [6.45, 7) is 0. The zero-order chi connectivity index (χ0) is 16.0. The zero-order valence-corrected chi connectivity index (χ0v) is 13.7. The van der Waals surface area contributed by atoms with Crippen LogP contribution in [0.2, 0.25) is 10.0 Å². The Morgan fingerprint density at radius 3 is 2.61 bits per heavy atom. The van der Waals surface area contributed by atoms with Crippen LogP contribution in [0.3, 0.4) is 0 Å². The number of halogens is 2. The van der Waals surface area contributed by atoms with Crippen molar-refractivity contribution in [2.75, 3.05) is 0 Å². The Morgan fingerprint density at radius 2 is 1.78 bits per heavy atom. The number of aromatic nitrogens is 1. The van der Waals surface area contributed by atoms with E-state index in [2.05, 4.69) is 0 Å². The van der Waals surface area contributed by atoms with Gasteiger partial charge in [0.05, 0.1) is 21.3 Å². The molecule has 0 fully saturated rings. The van der Waals surface area contributed by atoms with Crippen LogP contribution in [-0.2, 0) is 6.42 Å². The summed E-state index contributed by atoms with van der Waals surface area (Å²) < 4.78 is 0. The van der Waals surface area contributed by atoms with E-state index in [1.807, 2.05) is 42.5 Å². The summed E-state index contributed by atoms with van der Waals surface area (Å²) in [5.74, 6) is 0.235. The molecule has 0 spiro atoms. The number of carbonyl (C=O) groups is 1. The van der Waals surface area contributed by atoms with Gasteiger partial charge in [-0.25, -0.2) is 0 Å². The molecule has 1 aliphatic carbocycles. The van der Waals surface area contributed by atoms with Crippen LogP contribution in [0.1, 0.15) is 34.0 Å². The van der Waals surface area contributed by atoms with Crippen molar-refractivity contribution in [1.82, 2.24) is 4.98 Å². The largest absolute Gasteiger partial charge is 0.294 e. The smallest absolute Gasteiger partial charge is 0.165 e. The van der Waals surface area contributed by atoms with Gasteiger partial charge in [-0.05, 0) is 42.2 Å². The Morgan fingerprint density at radius 1 is 0.957 bits per heavy atom. The van der Waals surface area contributed by atoms with Crippen molar-refractivity contribution < 1.29 is 4.79 Å². The van der Waals surface area contributed by atoms with Crippen molar-refractivity contribution in [2.45, 2.75) is 18.8 Å². The number of fused-ring (bicyclic) bond motifs is 2. The van der Waals surface area contributed by atoms with Gasteiger partial charge in [-0.15, -0.1) is 0 Å². The molecule has 4 heteroatoms. The summed E-state index contributed by atoms with van der Waals surface area (Å²) >= 11 is 12.1. The van der Waals surface area contributed by atoms with Gasteiger partial charge >= 0.3 is 0 Å². The van der Waals surface area contributed by atoms with Crippen molar-refractivity contribution >= 4 is 39.9 Å². The lowest BCUT2D eigenvalue weighted by Gasteiger charge is -2.24. The summed E-state index contributed by atoms with van der Waals surface area (Å²) in [4.78, 5) is 17.3. The average molecular weight is 342 g/mol. The molecule has 1 unspecified atom stereocenters. The predicted molar refractivity (Wildman–Crippen MR) is 93.6 cm³/mol. The van der Waals surface area contributed by atoms with Crippen LogP contribution >= 0.6 is 23.2 Å². The van der Waals surface area contributed by atoms with Crippen LogP contribution in [0.4, 0.5) is 0 Å². The minimum atomic E-state index is 0.0958. The third-order valence-electron chi connectivity index (χ3n) is 4.39. The Kier molecular flexibility index (Phi) is 3.59. The van der Waals surface area contributed by atoms with Gasteiger partial charge in [-0.2, -0.15) is 0 Å². The number of nitrogens with zero attached hydrogens (tertiary/aromatic N) is 1. The molecule has 2 aromatic carbocycles. The molecule has 1 aromatic heterocycles. The molecule has 114 valence electrons. The molecule has 3 aromatic rings. The van der Waals surface area contributed by atoms with E-state index < -0.39 is 0 Å². The summed E-state index contributed by atoms with van der Waals surface area (Å²) in [6, 6.07) is 15.4. The fraction of sp³-hybridized carbons (Fsp3) is 0.158. The van der Waals surface area contributed by atoms with Gasteiger partial charge in [0.15, 0.2) is 5.78 Å². The minimum absolute atomic E-state index is 0.0958. The van der Waals surface area contributed by atoms with Crippen molar-refractivity contribution in [3.05, 3.63) is 75.4 Å². The monoisotopic (exact) mass is 341 g/mol. The minimum Gasteiger partial charge on any atom is -0.294 e. The first-order valence-corrected chi connectivity index (χ1v) is 8.24. The van der Waals surface area contributed by atoms with Gasteiger partial charge in [-0.1, -0.05) is 47.5 Å². The third-order valence-corrected chi connectivity index (χ3v) is 5.13. The van der Waals surface area contributed by atoms with E-state index in [0.29, 0.717) is 16.5 Å². The fourth-order valence-electron chi connectivity index (χ4n) is 3.19. The molecule has 0 radical (unpaired) electrons. The third kappa shape index (κ3) is 2.62. The lowest BCUT2D eigenvalue weighted by molar-refractivity contribution is 0.0963. The van der Waals surface area contributed by atoms with E-state index in [9.17, 15) is 4.79 Å². The molecule has 23 heavy (non-hydrogen) atoms. The predicted octanol–water partition coefficient (Wildman–Crippen LogP) is 5.45. The number of hydrogen-bond donors (Lipinski definition) is 0. The topological polar surface area (TPSA) is 30.0 Å². The Hall–Kier alpha value is -1.90. The molecule has 1 atom stereocenters. The van der Waals surface area contributed by atoms with Crippen LogP contribution in [0.15, 0.2) is 48.5 Å². The number of para-hydroxylation sites is 1. The second kappa shape index (κ2) is 5.63. The average Bonchev–Trinajstić information content (AvgIpc) is 2.56. The summed E-state index contributed by atoms with van der Waals surface area (Å²) in [5.41, 5.74) is 3.58. The van der Waals surface area contributed by atoms with Crippen LogP contribution in [0.5, 0.6) is 0 Å². The molecule has 0 saturated carbocycles. The summed E-state index contributed by atoms with van der Waals surface area (Å²) in [7, 11) is 0. The molecule has 2 nitrogen and oxygen atoms in total. The van der Waals surface area contributed by atoms with Gasteiger partial charge in [0.2, 0.25) is 0 Å². The molecule has 0 aliphatic heterocycles. The van der Waals surface area contributed by atoms with Crippen molar-refractivity contribution in [3.63, 3.8) is 0 Å². The maximum absolute atomic E-state index is 12.6. The van der Waals surface area contributed by atoms with Gasteiger partial charge in [0.1, 0.15) is 0 Å². The van der Waals surface area contributed by atoms with Crippen LogP contribution in [0, 0.1) is 0 Å². The molecular weight excluding hydrogens is 329 g/mol. The van der Waals surface area contributed by atoms with Crippen molar-refractivity contribution in [1.29, 1.82) is 0 Å². The maximum atomic E-state index is 12.6. The number of rotatable bonds is 1. The number of hydrogen-bond acceptors (Lipinski definition) is 2. The number of ketones is 1. The zero-order valence-electron chi connectivity index (χ0n) is 12.2. The first kappa shape index (κ1) is 14.7. The second-order valence-corrected chi connectivity index (χ2v) is 6.69. The maximum Gasteiger partial charge on any atom is 0.165 e. The highest BCUT2D eigenvalue weighted by Crippen LogP contribution is 2.35. The fourth-order valence-corrected chi connectivity index (χ4v) is 3.50. The molecule has 1 heterocycles. The molecule has 0 saturated heterocycles. The molecule has 4 rings (SSSR count). The van der Waals surface area contributed by atoms with E-state index in [4.69, 9.17) is 28.2 Å². The molecule has 0 N–H and O–H groups in total. The van der Waals surface area contributed by atoms with Crippen LogP contribution < -0.4 is 0 Å². The number of pyridine rings is 1. The Labute approximate surface area is 144 Å². The van der Waals surface area contributed by atoms with Gasteiger partial charge in [0, 0.05) is 17.4 Å². The standard InChI is InChI=1S/C19H13Cl2NO/c20-15-6-5-11(8-16(15)21)13-9-18-14(19(23)10-13)7-12-3-1-2-4-17(12)22-18/h1-8,13H,9-10H2. The first-order valence-electron chi connectivity index (χ1n) is 7.48. The second-order valence-electron chi connectivity index (χ2n) is 5.88. The number of benzene rings is 2. The van der Waals surface area contributed by atoms with Gasteiger partial charge in [-0.3, -0.25) is 9.78 Å². The lowest BCUT2D eigenvalue weighted by Crippen LogP contribution is -2.20. The van der Waals surface area contributed by atoms with Gasteiger partial charge in [0.25, 0.3) is 0 Å². The lowest BCUT2D eigenvalue weighted by atomic mass is 9.81. The highest BCUT2D eigenvalue weighted by atomic mass is 35.5. The highest BCUT2D eigenvalue weighted by molar-refractivity contribution is 6.42. The molecule has 0 bridgehead atoms. The molecule has 0 amide bonds. The van der Waals surface area contributed by atoms with E-state index in [1.165, 1.54) is 0 Å². The highest BCUT2D eigenvalue weighted by Gasteiger charge is 2.28. The van der Waals surface area contributed by atoms with Crippen LogP contribution in [0.25, 0.3) is 10.9 Å². The number of carbonyl (C=O) groups excluding carboxylic acids is 1. The Balaban J connectivity index is 1.77. The number of Topliss-reactive ketones (excluding diaryl/α,β-unsaturated/α-hetero) is 1. The van der Waals surface area contributed by atoms with Crippen LogP contribution in [-0.4, -0.2) is 10.8 Å². The summed E-state index contributed by atoms with van der Waals surface area (Å²) in [6.07, 6.45) is 1.22. The quantitative estimate of drug-likeness (QED) is 0.588. The first-order chi connectivity index (χ1) is 11.1. The van der Waals surface area contributed by atoms with E-state index >= 15 is 0 Å². The van der Waals surface area contributed by atoms with E-state index in [-0.39, 0.29) is 11.7 Å². The van der Waals surface area contributed by atoms with E-state index in [0.717, 1.165) is 34.1 Å². The van der Waals surface area contributed by atoms with E-state index in [1.54, 1.807) is 6.07 Å². The normalized spacial score (nSPS) is 17.3. The van der Waals surface area contributed by atoms with Crippen molar-refractivity contribution in [3.8, 4) is 0 Å². The van der Waals surface area contributed by atoms with Crippen molar-refractivity contribution in [2.24, 2.45) is 0 Å². The molecular formula is C19H13Cl2NO. The van der Waals surface area contributed by atoms with Gasteiger partial charge < -0.3 is 0 Å². The Bertz CT molecular complexity index is 936. The molecule has 1 aliphatic rings. The summed E-state index contributed by atoms with van der Waals surface area (Å²) in [5, 5.41) is 2.06.